The summed E-state index contributed by atoms with van der Waals surface area (Å²) in [5.74, 6) is -6.36. The Bertz CT molecular complexity index is 1370. The van der Waals surface area contributed by atoms with Crippen LogP contribution in [0.4, 0.5) is 18.9 Å². The maximum atomic E-state index is 12.7. The Morgan fingerprint density at radius 3 is 2.27 bits per heavy atom. The molecule has 0 saturated heterocycles. The number of amides is 1. The average molecular weight is 582 g/mol. The topological polar surface area (TPSA) is 232 Å². The van der Waals surface area contributed by atoms with Crippen molar-refractivity contribution in [3.63, 3.8) is 0 Å². The number of aryl methyl sites for hydroxylation is 2. The number of alkyl halides is 3. The highest BCUT2D eigenvalue weighted by atomic mass is 19.4. The number of nitrogens with two attached hydrogens (primary N) is 2. The highest BCUT2D eigenvalue weighted by Crippen LogP contribution is 2.31. The Morgan fingerprint density at radius 2 is 1.71 bits per heavy atom. The van der Waals surface area contributed by atoms with E-state index in [1.165, 1.54) is 0 Å². The molecule has 2 aromatic carbocycles. The van der Waals surface area contributed by atoms with Crippen molar-refractivity contribution >= 4 is 41.4 Å². The van der Waals surface area contributed by atoms with Gasteiger partial charge in [0.1, 0.15) is 11.8 Å². The van der Waals surface area contributed by atoms with Crippen LogP contribution in [-0.2, 0) is 38.4 Å². The Hall–Kier alpha value is -5.15. The van der Waals surface area contributed by atoms with Crippen molar-refractivity contribution in [2.24, 2.45) is 16.5 Å². The van der Waals surface area contributed by atoms with E-state index in [-0.39, 0.29) is 18.8 Å². The van der Waals surface area contributed by atoms with Crippen LogP contribution in [0.3, 0.4) is 0 Å². The second-order valence-corrected chi connectivity index (χ2v) is 8.52. The maximum absolute atomic E-state index is 12.7. The molecule has 1 amide bonds. The number of aliphatic carboxylic acids is 3. The fraction of sp³-hybridized carbons (Fsp3) is 0.280. The molecule has 0 radical (unpaired) electrons. The number of nitrogens with zero attached hydrogens (tertiary/aromatic N) is 1. The van der Waals surface area contributed by atoms with Crippen LogP contribution in [0.5, 0.6) is 5.75 Å². The molecular formula is C25H25F3N4O9. The molecule has 0 spiro atoms. The van der Waals surface area contributed by atoms with Crippen LogP contribution >= 0.6 is 0 Å². The normalized spacial score (nSPS) is 12.9. The van der Waals surface area contributed by atoms with Crippen molar-refractivity contribution in [3.8, 4) is 5.75 Å². The van der Waals surface area contributed by atoms with Gasteiger partial charge in [-0.2, -0.15) is 13.2 Å². The Kier molecular flexibility index (Phi) is 10.8. The molecule has 1 heterocycles. The second kappa shape index (κ2) is 13.8. The minimum atomic E-state index is -5.08. The van der Waals surface area contributed by atoms with Gasteiger partial charge < -0.3 is 36.8 Å². The van der Waals surface area contributed by atoms with Crippen LogP contribution in [0.25, 0.3) is 0 Å². The zero-order valence-electron chi connectivity index (χ0n) is 21.1. The quantitative estimate of drug-likeness (QED) is 0.113. The second-order valence-electron chi connectivity index (χ2n) is 8.52. The molecule has 8 N–H and O–H groups in total. The van der Waals surface area contributed by atoms with Crippen LogP contribution in [0, 0.1) is 0 Å². The van der Waals surface area contributed by atoms with Gasteiger partial charge in [0.05, 0.1) is 17.7 Å². The lowest BCUT2D eigenvalue weighted by Crippen LogP contribution is -2.42. The van der Waals surface area contributed by atoms with E-state index >= 15 is 0 Å². The van der Waals surface area contributed by atoms with Crippen LogP contribution in [0.2, 0.25) is 0 Å². The minimum absolute atomic E-state index is 0.0704. The molecule has 1 atom stereocenters. The van der Waals surface area contributed by atoms with Crippen molar-refractivity contribution in [1.29, 1.82) is 0 Å². The third kappa shape index (κ3) is 9.83. The number of guanidine groups is 1. The summed E-state index contributed by atoms with van der Waals surface area (Å²) in [6.07, 6.45) is -4.63. The molecule has 220 valence electrons. The molecule has 0 aliphatic carbocycles. The lowest BCUT2D eigenvalue weighted by atomic mass is 9.93. The van der Waals surface area contributed by atoms with E-state index in [1.54, 1.807) is 36.4 Å². The molecule has 13 nitrogen and oxygen atoms in total. The summed E-state index contributed by atoms with van der Waals surface area (Å²) in [5, 5.41) is 27.3. The summed E-state index contributed by atoms with van der Waals surface area (Å²) < 4.78 is 37.3. The van der Waals surface area contributed by atoms with Gasteiger partial charge in [-0.3, -0.25) is 9.59 Å². The number of carboxylic acid groups (broad SMARTS) is 3. The van der Waals surface area contributed by atoms with Gasteiger partial charge in [-0.05, 0) is 60.2 Å². The minimum Gasteiger partial charge on any atom is -0.481 e. The summed E-state index contributed by atoms with van der Waals surface area (Å²) in [5.41, 5.74) is 14.0. The number of ether oxygens (including phenoxy) is 1. The molecule has 1 aliphatic rings. The van der Waals surface area contributed by atoms with E-state index in [2.05, 4.69) is 10.3 Å². The Labute approximate surface area is 229 Å². The number of rotatable bonds is 8. The summed E-state index contributed by atoms with van der Waals surface area (Å²) in [7, 11) is 0. The van der Waals surface area contributed by atoms with Crippen molar-refractivity contribution < 1.29 is 57.2 Å². The first-order chi connectivity index (χ1) is 19.1. The zero-order valence-corrected chi connectivity index (χ0v) is 21.1. The van der Waals surface area contributed by atoms with E-state index in [1.807, 2.05) is 0 Å². The molecule has 0 fully saturated rings. The van der Waals surface area contributed by atoms with Gasteiger partial charge in [0.15, 0.2) is 5.96 Å². The summed E-state index contributed by atoms with van der Waals surface area (Å²) in [6, 6.07) is 8.59. The Balaban J connectivity index is 0.000000745. The predicted molar refractivity (Wildman–Crippen MR) is 135 cm³/mol. The van der Waals surface area contributed by atoms with Crippen LogP contribution in [-0.4, -0.2) is 63.3 Å². The van der Waals surface area contributed by atoms with Crippen molar-refractivity contribution in [2.45, 2.75) is 44.3 Å². The first kappa shape index (κ1) is 32.1. The van der Waals surface area contributed by atoms with Crippen molar-refractivity contribution in [2.75, 3.05) is 0 Å². The van der Waals surface area contributed by atoms with E-state index in [0.29, 0.717) is 35.4 Å². The summed E-state index contributed by atoms with van der Waals surface area (Å²) in [6.45, 7) is 0. The van der Waals surface area contributed by atoms with E-state index in [9.17, 15) is 32.3 Å². The number of fused-ring (bicyclic) bond motifs is 2. The van der Waals surface area contributed by atoms with Gasteiger partial charge in [-0.25, -0.2) is 19.4 Å². The monoisotopic (exact) mass is 582 g/mol. The van der Waals surface area contributed by atoms with Crippen molar-refractivity contribution in [1.82, 2.24) is 5.32 Å². The zero-order chi connectivity index (χ0) is 30.9. The first-order valence-electron chi connectivity index (χ1n) is 11.7. The predicted octanol–water partition coefficient (Wildman–Crippen LogP) is 1.52. The van der Waals surface area contributed by atoms with Crippen molar-refractivity contribution in [3.05, 3.63) is 58.7 Å². The number of benzene rings is 2. The van der Waals surface area contributed by atoms with Gasteiger partial charge in [0.25, 0.3) is 0 Å². The highest BCUT2D eigenvalue weighted by molar-refractivity contribution is 5.94. The Morgan fingerprint density at radius 1 is 1.05 bits per heavy atom. The molecule has 2 aromatic rings. The largest absolute Gasteiger partial charge is 0.490 e. The number of halogens is 3. The number of hydrogen-bond acceptors (Lipinski definition) is 7. The summed E-state index contributed by atoms with van der Waals surface area (Å²) >= 11 is 0. The number of carbonyl (C=O) groups is 5. The van der Waals surface area contributed by atoms with Gasteiger partial charge in [0, 0.05) is 6.42 Å². The lowest BCUT2D eigenvalue weighted by molar-refractivity contribution is -0.192. The molecule has 0 bridgehead atoms. The third-order valence-electron chi connectivity index (χ3n) is 5.52. The molecule has 41 heavy (non-hydrogen) atoms. The smallest absolute Gasteiger partial charge is 0.481 e. The van der Waals surface area contributed by atoms with E-state index in [0.717, 1.165) is 11.1 Å². The molecule has 1 aliphatic heterocycles. The SMILES string of the molecule is NC(N)=Nc1ccc2c(c1)CCc1c(CCC(=O)NC(CC(=O)O)C(=O)O)cccc1OC2=O.O=C(O)C(F)(F)F. The van der Waals surface area contributed by atoms with Gasteiger partial charge in [-0.15, -0.1) is 0 Å². The van der Waals surface area contributed by atoms with E-state index < -0.39 is 48.4 Å². The van der Waals surface area contributed by atoms with Crippen LogP contribution in [0.1, 0.15) is 39.9 Å². The maximum Gasteiger partial charge on any atom is 0.490 e. The standard InChI is InChI=1S/C23H24N4O7.C2HF3O2/c24-23(25)26-14-6-8-16-13(10-14)4-7-15-12(2-1-3-18(15)34-22(16)33)5-9-19(28)27-17(21(31)32)11-20(29)30;3-2(4,5)1(6)7/h1-3,6,8,10,17H,4-5,7,9,11H2,(H,27,28)(H,29,30)(H,31,32)(H4,24,25,26);(H,6,7). The lowest BCUT2D eigenvalue weighted by Gasteiger charge is -2.19. The number of nitrogens with one attached hydrogen (secondary N) is 1. The fourth-order valence-corrected chi connectivity index (χ4v) is 3.73. The fourth-order valence-electron chi connectivity index (χ4n) is 3.73. The number of hydrogen-bond donors (Lipinski definition) is 6. The highest BCUT2D eigenvalue weighted by Gasteiger charge is 2.38. The number of aliphatic imine (C=N–C) groups is 1. The van der Waals surface area contributed by atoms with Crippen LogP contribution < -0.4 is 21.5 Å². The van der Waals surface area contributed by atoms with Crippen LogP contribution in [0.15, 0.2) is 41.4 Å². The number of carboxylic acids is 3. The van der Waals surface area contributed by atoms with Gasteiger partial charge >= 0.3 is 30.1 Å². The molecular weight excluding hydrogens is 557 g/mol. The molecule has 0 saturated carbocycles. The number of esters is 1. The third-order valence-corrected chi connectivity index (χ3v) is 5.52. The number of carbonyl (C=O) groups excluding carboxylic acids is 2. The average Bonchev–Trinajstić information content (AvgIpc) is 2.84. The van der Waals surface area contributed by atoms with E-state index in [4.69, 9.17) is 36.3 Å². The molecule has 3 rings (SSSR count). The molecule has 0 aromatic heterocycles. The summed E-state index contributed by atoms with van der Waals surface area (Å²) in [4.78, 5) is 59.9. The van der Waals surface area contributed by atoms with Gasteiger partial charge in [-0.1, -0.05) is 12.1 Å². The first-order valence-corrected chi connectivity index (χ1v) is 11.7. The molecule has 1 unspecified atom stereocenters. The molecule has 16 heteroatoms. The van der Waals surface area contributed by atoms with Gasteiger partial charge in [0.2, 0.25) is 5.91 Å².